The number of halogens is 2. The summed E-state index contributed by atoms with van der Waals surface area (Å²) in [6, 6.07) is 5.03. The van der Waals surface area contributed by atoms with Gasteiger partial charge in [-0.2, -0.15) is 12.8 Å². The Morgan fingerprint density at radius 1 is 1.31 bits per heavy atom. The van der Waals surface area contributed by atoms with Crippen LogP contribution in [0.2, 0.25) is 0 Å². The Morgan fingerprint density at radius 3 is 2.69 bits per heavy atom. The number of furan rings is 1. The van der Waals surface area contributed by atoms with Gasteiger partial charge in [-0.05, 0) is 31.3 Å². The van der Waals surface area contributed by atoms with E-state index in [1.54, 1.807) is 7.05 Å². The van der Waals surface area contributed by atoms with Gasteiger partial charge in [0.2, 0.25) is 11.0 Å². The fourth-order valence-corrected chi connectivity index (χ4v) is 3.82. The van der Waals surface area contributed by atoms with Crippen LogP contribution in [0.5, 0.6) is 0 Å². The number of rotatable bonds is 6. The summed E-state index contributed by atoms with van der Waals surface area (Å²) in [5.74, 6) is -1.86. The average Bonchev–Trinajstić information content (AvgIpc) is 3.22. The van der Waals surface area contributed by atoms with Crippen molar-refractivity contribution in [2.45, 2.75) is 18.2 Å². The van der Waals surface area contributed by atoms with Crippen molar-refractivity contribution in [3.8, 4) is 11.3 Å². The zero-order chi connectivity index (χ0) is 18.9. The number of aliphatic hydroxyl groups excluding tert-OH is 1. The van der Waals surface area contributed by atoms with Crippen molar-refractivity contribution in [3.63, 3.8) is 0 Å². The summed E-state index contributed by atoms with van der Waals surface area (Å²) >= 11 is 0. The molecule has 3 heterocycles. The summed E-state index contributed by atoms with van der Waals surface area (Å²) in [5, 5.41) is 11.3. The van der Waals surface area contributed by atoms with Crippen LogP contribution in [0.1, 0.15) is 11.3 Å². The smallest absolute Gasteiger partial charge is 0.301 e. The zero-order valence-electron chi connectivity index (χ0n) is 13.6. The van der Waals surface area contributed by atoms with Gasteiger partial charge in [0, 0.05) is 24.5 Å². The van der Waals surface area contributed by atoms with Crippen LogP contribution in [0.15, 0.2) is 46.2 Å². The van der Waals surface area contributed by atoms with Crippen LogP contribution in [-0.2, 0) is 23.2 Å². The van der Waals surface area contributed by atoms with Crippen molar-refractivity contribution >= 4 is 10.0 Å². The number of hydrogen-bond donors (Lipinski definition) is 2. The first-order chi connectivity index (χ1) is 12.4. The maximum absolute atomic E-state index is 14.9. The summed E-state index contributed by atoms with van der Waals surface area (Å²) in [7, 11) is -2.80. The Morgan fingerprint density at radius 2 is 2.08 bits per heavy atom. The van der Waals surface area contributed by atoms with Gasteiger partial charge in [-0.15, -0.1) is 0 Å². The average molecular weight is 383 g/mol. The third-order valence-corrected chi connectivity index (χ3v) is 5.20. The second kappa shape index (κ2) is 6.98. The predicted octanol–water partition coefficient (Wildman–Crippen LogP) is 1.87. The highest BCUT2D eigenvalue weighted by molar-refractivity contribution is 7.89. The molecule has 3 aromatic heterocycles. The highest BCUT2D eigenvalue weighted by Gasteiger charge is 2.30. The molecule has 0 saturated heterocycles. The molecule has 0 atom stereocenters. The maximum Gasteiger partial charge on any atom is 0.301 e. The highest BCUT2D eigenvalue weighted by Crippen LogP contribution is 2.32. The van der Waals surface area contributed by atoms with Crippen LogP contribution in [0.25, 0.3) is 11.3 Å². The van der Waals surface area contributed by atoms with Gasteiger partial charge >= 0.3 is 10.0 Å². The Balaban J connectivity index is 2.26. The molecule has 2 N–H and O–H groups in total. The molecule has 26 heavy (non-hydrogen) atoms. The molecule has 3 rings (SSSR count). The number of nitrogens with zero attached hydrogens (tertiary/aromatic N) is 2. The van der Waals surface area contributed by atoms with Crippen molar-refractivity contribution in [1.29, 1.82) is 0 Å². The lowest BCUT2D eigenvalue weighted by molar-refractivity contribution is 0.236. The third kappa shape index (κ3) is 3.02. The summed E-state index contributed by atoms with van der Waals surface area (Å²) in [6.07, 6.45) is 2.23. The zero-order valence-corrected chi connectivity index (χ0v) is 14.4. The fourth-order valence-electron chi connectivity index (χ4n) is 2.49. The van der Waals surface area contributed by atoms with Crippen LogP contribution in [0, 0.1) is 11.8 Å². The van der Waals surface area contributed by atoms with Gasteiger partial charge in [-0.3, -0.25) is 0 Å². The predicted molar refractivity (Wildman–Crippen MR) is 87.6 cm³/mol. The van der Waals surface area contributed by atoms with E-state index < -0.39 is 39.2 Å². The minimum atomic E-state index is -4.37. The molecule has 0 unspecified atom stereocenters. The van der Waals surface area contributed by atoms with E-state index in [1.807, 2.05) is 0 Å². The van der Waals surface area contributed by atoms with Gasteiger partial charge in [0.1, 0.15) is 18.1 Å². The molecule has 10 heteroatoms. The number of nitrogens with one attached hydrogen (secondary N) is 1. The van der Waals surface area contributed by atoms with E-state index in [0.29, 0.717) is 3.97 Å². The van der Waals surface area contributed by atoms with Crippen molar-refractivity contribution < 1.29 is 26.7 Å². The lowest BCUT2D eigenvalue weighted by Gasteiger charge is -2.09. The van der Waals surface area contributed by atoms with E-state index in [1.165, 1.54) is 24.4 Å². The second-order valence-corrected chi connectivity index (χ2v) is 7.11. The molecule has 0 radical (unpaired) electrons. The number of aliphatic hydroxyl groups is 1. The molecule has 138 valence electrons. The first-order valence-corrected chi connectivity index (χ1v) is 8.94. The molecule has 7 nitrogen and oxygen atoms in total. The summed E-state index contributed by atoms with van der Waals surface area (Å²) in [5.41, 5.74) is -0.754. The van der Waals surface area contributed by atoms with Gasteiger partial charge < -0.3 is 14.8 Å². The topological polar surface area (TPSA) is 97.4 Å². The molecule has 0 aliphatic carbocycles. The van der Waals surface area contributed by atoms with Crippen LogP contribution in [0.3, 0.4) is 0 Å². The Labute approximate surface area is 148 Å². The molecule has 0 aromatic carbocycles. The Kier molecular flexibility index (Phi) is 4.90. The molecule has 3 aromatic rings. The van der Waals surface area contributed by atoms with E-state index in [0.717, 1.165) is 12.3 Å². The monoisotopic (exact) mass is 383 g/mol. The lowest BCUT2D eigenvalue weighted by Crippen LogP contribution is -2.13. The van der Waals surface area contributed by atoms with Gasteiger partial charge in [-0.1, -0.05) is 0 Å². The van der Waals surface area contributed by atoms with E-state index in [4.69, 9.17) is 9.52 Å². The standard InChI is InChI=1S/C16H15F2N3O4S/c1-19-7-10-8-21(26(23,24)13-5-4-11(9-22)25-13)15(14(10)17)12-3-2-6-20-16(12)18/h2-6,8,19,22H,7,9H2,1H3. The first kappa shape index (κ1) is 18.2. The van der Waals surface area contributed by atoms with Crippen molar-refractivity contribution in [1.82, 2.24) is 14.3 Å². The molecular weight excluding hydrogens is 368 g/mol. The Bertz CT molecular complexity index is 1040. The lowest BCUT2D eigenvalue weighted by atomic mass is 10.2. The maximum atomic E-state index is 14.9. The van der Waals surface area contributed by atoms with E-state index in [9.17, 15) is 17.2 Å². The molecule has 0 saturated carbocycles. The van der Waals surface area contributed by atoms with Gasteiger partial charge in [-0.25, -0.2) is 13.3 Å². The van der Waals surface area contributed by atoms with Crippen LogP contribution in [-0.4, -0.2) is 29.5 Å². The molecule has 0 aliphatic rings. The van der Waals surface area contributed by atoms with E-state index in [-0.39, 0.29) is 23.4 Å². The van der Waals surface area contributed by atoms with E-state index >= 15 is 0 Å². The minimum absolute atomic E-state index is 0.0285. The molecule has 0 amide bonds. The van der Waals surface area contributed by atoms with Crippen LogP contribution >= 0.6 is 0 Å². The molecule has 0 bridgehead atoms. The van der Waals surface area contributed by atoms with Gasteiger partial charge in [0.15, 0.2) is 5.82 Å². The number of aromatic nitrogens is 2. The first-order valence-electron chi connectivity index (χ1n) is 7.50. The van der Waals surface area contributed by atoms with Gasteiger partial charge in [0.05, 0.1) is 5.56 Å². The van der Waals surface area contributed by atoms with Crippen LogP contribution < -0.4 is 5.32 Å². The summed E-state index contributed by atoms with van der Waals surface area (Å²) in [6.45, 7) is -0.464. The normalized spacial score (nSPS) is 11.8. The van der Waals surface area contributed by atoms with E-state index in [2.05, 4.69) is 10.3 Å². The molecule has 0 fully saturated rings. The largest absolute Gasteiger partial charge is 0.445 e. The fraction of sp³-hybridized carbons (Fsp3) is 0.188. The summed E-state index contributed by atoms with van der Waals surface area (Å²) < 4.78 is 60.5. The SMILES string of the molecule is CNCc1cn(S(=O)(=O)c2ccc(CO)o2)c(-c2cccnc2F)c1F. The van der Waals surface area contributed by atoms with Crippen molar-refractivity contribution in [3.05, 3.63) is 59.7 Å². The van der Waals surface area contributed by atoms with Crippen molar-refractivity contribution in [2.24, 2.45) is 0 Å². The number of hydrogen-bond acceptors (Lipinski definition) is 6. The number of pyridine rings is 1. The molecule has 0 spiro atoms. The quantitative estimate of drug-likeness (QED) is 0.631. The molecular formula is C16H15F2N3O4S. The highest BCUT2D eigenvalue weighted by atomic mass is 32.2. The summed E-state index contributed by atoms with van der Waals surface area (Å²) in [4.78, 5) is 3.45. The van der Waals surface area contributed by atoms with Crippen LogP contribution in [0.4, 0.5) is 8.78 Å². The third-order valence-electron chi connectivity index (χ3n) is 3.67. The molecule has 0 aliphatic heterocycles. The second-order valence-electron chi connectivity index (χ2n) is 5.37. The Hall–Kier alpha value is -2.56. The van der Waals surface area contributed by atoms with Gasteiger partial charge in [0.25, 0.3) is 0 Å². The minimum Gasteiger partial charge on any atom is -0.445 e. The van der Waals surface area contributed by atoms with Crippen molar-refractivity contribution in [2.75, 3.05) is 7.05 Å².